The molecule has 0 radical (unpaired) electrons. The van der Waals surface area contributed by atoms with Crippen LogP contribution in [0.4, 0.5) is 0 Å². The fourth-order valence-corrected chi connectivity index (χ4v) is 4.35. The third-order valence-electron chi connectivity index (χ3n) is 2.66. The molecule has 0 aliphatic heterocycles. The van der Waals surface area contributed by atoms with Gasteiger partial charge < -0.3 is 0 Å². The van der Waals surface area contributed by atoms with Crippen LogP contribution in [0.2, 0.25) is 5.02 Å². The van der Waals surface area contributed by atoms with Gasteiger partial charge in [0.1, 0.15) is 4.21 Å². The molecule has 1 aromatic carbocycles. The number of nitrogens with zero attached hydrogens (tertiary/aromatic N) is 1. The highest BCUT2D eigenvalue weighted by molar-refractivity contribution is 7.91. The molecule has 0 aliphatic carbocycles. The largest absolute Gasteiger partial charge is 0.253 e. The zero-order valence-corrected chi connectivity index (χ0v) is 12.9. The summed E-state index contributed by atoms with van der Waals surface area (Å²) in [5.74, 6) is 2.38. The maximum Gasteiger partial charge on any atom is 0.253 e. The highest BCUT2D eigenvalue weighted by Crippen LogP contribution is 2.24. The van der Waals surface area contributed by atoms with Crippen LogP contribution >= 0.6 is 22.9 Å². The molecular formula is C14H12ClNO2S2. The maximum absolute atomic E-state index is 12.5. The van der Waals surface area contributed by atoms with Crippen molar-refractivity contribution in [1.82, 2.24) is 4.31 Å². The molecule has 2 rings (SSSR count). The molecule has 3 nitrogen and oxygen atoms in total. The van der Waals surface area contributed by atoms with Gasteiger partial charge in [-0.25, -0.2) is 8.42 Å². The molecule has 6 heteroatoms. The highest BCUT2D eigenvalue weighted by Gasteiger charge is 2.25. The van der Waals surface area contributed by atoms with E-state index in [4.69, 9.17) is 18.0 Å². The zero-order chi connectivity index (χ0) is 14.6. The lowest BCUT2D eigenvalue weighted by Gasteiger charge is -2.19. The van der Waals surface area contributed by atoms with Gasteiger partial charge >= 0.3 is 0 Å². The number of hydrogen-bond acceptors (Lipinski definition) is 3. The summed E-state index contributed by atoms with van der Waals surface area (Å²) in [6, 6.07) is 10.4. The highest BCUT2D eigenvalue weighted by atomic mass is 35.5. The molecule has 0 saturated heterocycles. The van der Waals surface area contributed by atoms with Crippen LogP contribution in [0.1, 0.15) is 5.56 Å². The van der Waals surface area contributed by atoms with Gasteiger partial charge in [0.2, 0.25) is 0 Å². The van der Waals surface area contributed by atoms with Crippen molar-refractivity contribution in [2.45, 2.75) is 10.8 Å². The number of benzene rings is 1. The molecular weight excluding hydrogens is 314 g/mol. The first-order valence-electron chi connectivity index (χ1n) is 5.76. The Morgan fingerprint density at radius 2 is 2.00 bits per heavy atom. The predicted octanol–water partition coefficient (Wildman–Crippen LogP) is 3.23. The van der Waals surface area contributed by atoms with E-state index >= 15 is 0 Å². The molecule has 0 N–H and O–H groups in total. The average Bonchev–Trinajstić information content (AvgIpc) is 2.95. The van der Waals surface area contributed by atoms with Crippen LogP contribution < -0.4 is 0 Å². The van der Waals surface area contributed by atoms with E-state index in [2.05, 4.69) is 5.92 Å². The molecule has 20 heavy (non-hydrogen) atoms. The summed E-state index contributed by atoms with van der Waals surface area (Å²) >= 11 is 7.24. The minimum Gasteiger partial charge on any atom is -0.206 e. The van der Waals surface area contributed by atoms with Crippen molar-refractivity contribution < 1.29 is 8.42 Å². The Morgan fingerprint density at radius 1 is 1.25 bits per heavy atom. The quantitative estimate of drug-likeness (QED) is 0.791. The third-order valence-corrected chi connectivity index (χ3v) is 6.19. The molecule has 0 amide bonds. The Bertz CT molecular complexity index is 718. The molecule has 0 aliphatic rings. The van der Waals surface area contributed by atoms with E-state index in [1.807, 2.05) is 6.07 Å². The summed E-state index contributed by atoms with van der Waals surface area (Å²) in [6.07, 6.45) is 5.29. The number of hydrogen-bond donors (Lipinski definition) is 0. The molecule has 0 spiro atoms. The number of terminal acetylenes is 1. The van der Waals surface area contributed by atoms with Crippen molar-refractivity contribution in [3.05, 3.63) is 52.4 Å². The number of thiophene rings is 1. The first kappa shape index (κ1) is 15.1. The summed E-state index contributed by atoms with van der Waals surface area (Å²) in [6.45, 7) is 0.162. The molecule has 0 atom stereocenters. The minimum absolute atomic E-state index is 0.00541. The van der Waals surface area contributed by atoms with Gasteiger partial charge in [0.15, 0.2) is 0 Å². The SMILES string of the molecule is C#CCN(Cc1ccccc1Cl)S(=O)(=O)c1cccs1. The topological polar surface area (TPSA) is 37.4 Å². The lowest BCUT2D eigenvalue weighted by molar-refractivity contribution is 0.444. The van der Waals surface area contributed by atoms with Crippen LogP contribution in [0.15, 0.2) is 46.0 Å². The van der Waals surface area contributed by atoms with Crippen LogP contribution in [-0.4, -0.2) is 19.3 Å². The monoisotopic (exact) mass is 325 g/mol. The summed E-state index contributed by atoms with van der Waals surface area (Å²) in [5.41, 5.74) is 0.726. The van der Waals surface area contributed by atoms with Gasteiger partial charge in [-0.1, -0.05) is 41.8 Å². The van der Waals surface area contributed by atoms with Crippen molar-refractivity contribution in [2.75, 3.05) is 6.54 Å². The Labute approximate surface area is 127 Å². The van der Waals surface area contributed by atoms with Gasteiger partial charge in [0.05, 0.1) is 6.54 Å². The van der Waals surface area contributed by atoms with Crippen LogP contribution in [0.25, 0.3) is 0 Å². The number of rotatable bonds is 5. The third kappa shape index (κ3) is 3.22. The van der Waals surface area contributed by atoms with E-state index in [1.165, 1.54) is 15.6 Å². The van der Waals surface area contributed by atoms with Crippen LogP contribution in [0, 0.1) is 12.3 Å². The number of sulfonamides is 1. The Kier molecular flexibility index (Phi) is 4.84. The van der Waals surface area contributed by atoms with E-state index in [-0.39, 0.29) is 17.3 Å². The second-order valence-corrected chi connectivity index (χ2v) is 7.52. The van der Waals surface area contributed by atoms with E-state index < -0.39 is 10.0 Å². The predicted molar refractivity (Wildman–Crippen MR) is 82.2 cm³/mol. The zero-order valence-electron chi connectivity index (χ0n) is 10.5. The van der Waals surface area contributed by atoms with E-state index in [1.54, 1.807) is 35.7 Å². The van der Waals surface area contributed by atoms with Crippen LogP contribution in [-0.2, 0) is 16.6 Å². The first-order chi connectivity index (χ1) is 9.55. The molecule has 0 saturated carbocycles. The smallest absolute Gasteiger partial charge is 0.206 e. The second kappa shape index (κ2) is 6.42. The standard InChI is InChI=1S/C14H12ClNO2S2/c1-2-9-16(11-12-6-3-4-7-13(12)15)20(17,18)14-8-5-10-19-14/h1,3-8,10H,9,11H2. The minimum atomic E-state index is -3.58. The van der Waals surface area contributed by atoms with Gasteiger partial charge in [0.25, 0.3) is 10.0 Å². The summed E-state index contributed by atoms with van der Waals surface area (Å²) in [7, 11) is -3.58. The van der Waals surface area contributed by atoms with Crippen LogP contribution in [0.5, 0.6) is 0 Å². The fourth-order valence-electron chi connectivity index (χ4n) is 1.68. The fraction of sp³-hybridized carbons (Fsp3) is 0.143. The lowest BCUT2D eigenvalue weighted by atomic mass is 10.2. The van der Waals surface area contributed by atoms with Gasteiger partial charge in [-0.15, -0.1) is 17.8 Å². The van der Waals surface area contributed by atoms with Crippen molar-refractivity contribution in [3.8, 4) is 12.3 Å². The van der Waals surface area contributed by atoms with Crippen molar-refractivity contribution in [1.29, 1.82) is 0 Å². The van der Waals surface area contributed by atoms with Gasteiger partial charge in [-0.3, -0.25) is 0 Å². The van der Waals surface area contributed by atoms with Gasteiger partial charge in [-0.2, -0.15) is 4.31 Å². The molecule has 0 unspecified atom stereocenters. The normalized spacial score (nSPS) is 11.4. The van der Waals surface area contributed by atoms with Gasteiger partial charge in [-0.05, 0) is 23.1 Å². The Hall–Kier alpha value is -1.32. The number of halogens is 1. The maximum atomic E-state index is 12.5. The Balaban J connectivity index is 2.34. The average molecular weight is 326 g/mol. The molecule has 0 bridgehead atoms. The summed E-state index contributed by atoms with van der Waals surface area (Å²) in [4.78, 5) is 0. The molecule has 0 fully saturated rings. The van der Waals surface area contributed by atoms with Crippen molar-refractivity contribution in [3.63, 3.8) is 0 Å². The molecule has 1 heterocycles. The van der Waals surface area contributed by atoms with E-state index in [0.717, 1.165) is 5.56 Å². The summed E-state index contributed by atoms with van der Waals surface area (Å²) in [5, 5.41) is 2.24. The molecule has 104 valence electrons. The van der Waals surface area contributed by atoms with Crippen molar-refractivity contribution in [2.24, 2.45) is 0 Å². The van der Waals surface area contributed by atoms with Crippen molar-refractivity contribution >= 4 is 33.0 Å². The van der Waals surface area contributed by atoms with Crippen LogP contribution in [0.3, 0.4) is 0 Å². The van der Waals surface area contributed by atoms with E-state index in [0.29, 0.717) is 5.02 Å². The lowest BCUT2D eigenvalue weighted by Crippen LogP contribution is -2.30. The van der Waals surface area contributed by atoms with E-state index in [9.17, 15) is 8.42 Å². The van der Waals surface area contributed by atoms with Gasteiger partial charge in [0, 0.05) is 11.6 Å². The Morgan fingerprint density at radius 3 is 2.60 bits per heavy atom. The molecule has 1 aromatic heterocycles. The first-order valence-corrected chi connectivity index (χ1v) is 8.46. The molecule has 2 aromatic rings. The summed E-state index contributed by atoms with van der Waals surface area (Å²) < 4.78 is 26.5. The second-order valence-electron chi connectivity index (χ2n) is 4.00.